The molecule has 0 aliphatic carbocycles. The van der Waals surface area contributed by atoms with Crippen LogP contribution in [0.15, 0.2) is 11.6 Å². The van der Waals surface area contributed by atoms with E-state index in [9.17, 15) is 0 Å². The van der Waals surface area contributed by atoms with Gasteiger partial charge in [0, 0.05) is 12.6 Å². The van der Waals surface area contributed by atoms with E-state index >= 15 is 0 Å². The van der Waals surface area contributed by atoms with Gasteiger partial charge in [-0.2, -0.15) is 0 Å². The van der Waals surface area contributed by atoms with Gasteiger partial charge in [0.1, 0.15) is 0 Å². The van der Waals surface area contributed by atoms with Gasteiger partial charge in [-0.1, -0.05) is 25.5 Å². The van der Waals surface area contributed by atoms with Gasteiger partial charge < -0.3 is 0 Å². The van der Waals surface area contributed by atoms with Gasteiger partial charge in [-0.25, -0.2) is 0 Å². The second kappa shape index (κ2) is 4.80. The van der Waals surface area contributed by atoms with Crippen molar-refractivity contribution < 1.29 is 0 Å². The predicted octanol–water partition coefficient (Wildman–Crippen LogP) is 3.07. The number of allylic oxidation sites excluding steroid dienone is 1. The fourth-order valence-electron chi connectivity index (χ4n) is 2.27. The fraction of sp³-hybridized carbons (Fsp3) is 0.833. The zero-order valence-electron chi connectivity index (χ0n) is 9.51. The third kappa shape index (κ3) is 2.84. The first-order valence-corrected chi connectivity index (χ1v) is 5.52. The Morgan fingerprint density at radius 1 is 1.46 bits per heavy atom. The Bertz CT molecular complexity index is 180. The summed E-state index contributed by atoms with van der Waals surface area (Å²) >= 11 is 0. The van der Waals surface area contributed by atoms with Gasteiger partial charge in [-0.3, -0.25) is 4.90 Å². The quantitative estimate of drug-likeness (QED) is 0.605. The van der Waals surface area contributed by atoms with Gasteiger partial charge in [-0.05, 0) is 39.2 Å². The van der Waals surface area contributed by atoms with E-state index < -0.39 is 0 Å². The lowest BCUT2D eigenvalue weighted by Gasteiger charge is -2.24. The molecule has 0 radical (unpaired) electrons. The van der Waals surface area contributed by atoms with Crippen molar-refractivity contribution in [2.45, 2.75) is 46.6 Å². The molecule has 1 heterocycles. The van der Waals surface area contributed by atoms with E-state index in [2.05, 4.69) is 38.7 Å². The van der Waals surface area contributed by atoms with Crippen LogP contribution in [0.1, 0.15) is 40.5 Å². The largest absolute Gasteiger partial charge is 0.296 e. The number of nitrogens with zero attached hydrogens (tertiary/aromatic N) is 1. The first-order chi connectivity index (χ1) is 6.15. The number of likely N-dealkylation sites (tertiary alicyclic amines) is 1. The van der Waals surface area contributed by atoms with Gasteiger partial charge in [-0.15, -0.1) is 0 Å². The average Bonchev–Trinajstić information content (AvgIpc) is 2.42. The summed E-state index contributed by atoms with van der Waals surface area (Å²) in [5, 5.41) is 0. The maximum atomic E-state index is 2.62. The average molecular weight is 181 g/mol. The van der Waals surface area contributed by atoms with Crippen LogP contribution in [0.3, 0.4) is 0 Å². The van der Waals surface area contributed by atoms with Crippen molar-refractivity contribution in [2.24, 2.45) is 5.92 Å². The Kier molecular flexibility index (Phi) is 3.98. The Labute approximate surface area is 82.8 Å². The molecular formula is C12H23N. The lowest BCUT2D eigenvalue weighted by atomic mass is 10.0. The van der Waals surface area contributed by atoms with Gasteiger partial charge >= 0.3 is 0 Å². The molecule has 1 nitrogen and oxygen atoms in total. The molecule has 76 valence electrons. The van der Waals surface area contributed by atoms with E-state index in [1.54, 1.807) is 0 Å². The molecule has 0 bridgehead atoms. The van der Waals surface area contributed by atoms with Crippen LogP contribution < -0.4 is 0 Å². The van der Waals surface area contributed by atoms with E-state index in [-0.39, 0.29) is 0 Å². The third-order valence-electron chi connectivity index (χ3n) is 3.15. The maximum Gasteiger partial charge on any atom is 0.0168 e. The highest BCUT2D eigenvalue weighted by Gasteiger charge is 2.28. The summed E-state index contributed by atoms with van der Waals surface area (Å²) in [6, 6.07) is 0.829. The van der Waals surface area contributed by atoms with Crippen molar-refractivity contribution in [3.8, 4) is 0 Å². The highest BCUT2D eigenvalue weighted by Crippen LogP contribution is 2.25. The first-order valence-electron chi connectivity index (χ1n) is 5.52. The van der Waals surface area contributed by atoms with Crippen LogP contribution in [0.4, 0.5) is 0 Å². The van der Waals surface area contributed by atoms with Crippen molar-refractivity contribution in [1.82, 2.24) is 4.90 Å². The third-order valence-corrected chi connectivity index (χ3v) is 3.15. The molecule has 1 fully saturated rings. The standard InChI is InChI=1S/C12H23N/c1-5-12-11(4)7-9-13(12)8-6-10(2)3/h6,11-12H,5,7-9H2,1-4H3. The van der Waals surface area contributed by atoms with Crippen LogP contribution in [0.2, 0.25) is 0 Å². The second-order valence-electron chi connectivity index (χ2n) is 4.52. The molecule has 0 N–H and O–H groups in total. The van der Waals surface area contributed by atoms with E-state index in [0.29, 0.717) is 0 Å². The second-order valence-corrected chi connectivity index (χ2v) is 4.52. The summed E-state index contributed by atoms with van der Waals surface area (Å²) < 4.78 is 0. The number of hydrogen-bond acceptors (Lipinski definition) is 1. The van der Waals surface area contributed by atoms with E-state index in [1.807, 2.05) is 0 Å². The van der Waals surface area contributed by atoms with Crippen molar-refractivity contribution in [3.05, 3.63) is 11.6 Å². The monoisotopic (exact) mass is 181 g/mol. The van der Waals surface area contributed by atoms with Crippen LogP contribution in [-0.2, 0) is 0 Å². The minimum Gasteiger partial charge on any atom is -0.296 e. The van der Waals surface area contributed by atoms with Gasteiger partial charge in [0.25, 0.3) is 0 Å². The zero-order chi connectivity index (χ0) is 9.84. The first kappa shape index (κ1) is 10.8. The zero-order valence-corrected chi connectivity index (χ0v) is 9.51. The normalized spacial score (nSPS) is 29.2. The minimum absolute atomic E-state index is 0.829. The number of hydrogen-bond donors (Lipinski definition) is 0. The van der Waals surface area contributed by atoms with Crippen molar-refractivity contribution in [1.29, 1.82) is 0 Å². The number of rotatable bonds is 3. The summed E-state index contributed by atoms with van der Waals surface area (Å²) in [4.78, 5) is 2.62. The van der Waals surface area contributed by atoms with E-state index in [4.69, 9.17) is 0 Å². The maximum absolute atomic E-state index is 2.62. The molecule has 0 aromatic rings. The summed E-state index contributed by atoms with van der Waals surface area (Å²) in [6.07, 6.45) is 5.04. The molecule has 1 aliphatic rings. The summed E-state index contributed by atoms with van der Waals surface area (Å²) in [7, 11) is 0. The SMILES string of the molecule is CCC1C(C)CCN1CC=C(C)C. The molecule has 1 rings (SSSR count). The molecule has 0 spiro atoms. The van der Waals surface area contributed by atoms with Crippen molar-refractivity contribution in [3.63, 3.8) is 0 Å². The Balaban J connectivity index is 2.46. The summed E-state index contributed by atoms with van der Waals surface area (Å²) in [5.74, 6) is 0.899. The highest BCUT2D eigenvalue weighted by atomic mass is 15.2. The molecule has 2 unspecified atom stereocenters. The van der Waals surface area contributed by atoms with E-state index in [0.717, 1.165) is 18.5 Å². The van der Waals surface area contributed by atoms with Crippen LogP contribution in [-0.4, -0.2) is 24.0 Å². The lowest BCUT2D eigenvalue weighted by Crippen LogP contribution is -2.31. The Morgan fingerprint density at radius 2 is 2.15 bits per heavy atom. The van der Waals surface area contributed by atoms with Gasteiger partial charge in [0.2, 0.25) is 0 Å². The van der Waals surface area contributed by atoms with Crippen LogP contribution >= 0.6 is 0 Å². The van der Waals surface area contributed by atoms with Crippen molar-refractivity contribution in [2.75, 3.05) is 13.1 Å². The molecule has 2 atom stereocenters. The molecule has 13 heavy (non-hydrogen) atoms. The Hall–Kier alpha value is -0.300. The lowest BCUT2D eigenvalue weighted by molar-refractivity contribution is 0.247. The molecular weight excluding hydrogens is 158 g/mol. The fourth-order valence-corrected chi connectivity index (χ4v) is 2.27. The molecule has 0 saturated carbocycles. The molecule has 1 saturated heterocycles. The molecule has 0 aromatic heterocycles. The van der Waals surface area contributed by atoms with Crippen molar-refractivity contribution >= 4 is 0 Å². The van der Waals surface area contributed by atoms with E-state index in [1.165, 1.54) is 25.0 Å². The molecule has 1 heteroatoms. The highest BCUT2D eigenvalue weighted by molar-refractivity contribution is 4.97. The van der Waals surface area contributed by atoms with Gasteiger partial charge in [0.05, 0.1) is 0 Å². The smallest absolute Gasteiger partial charge is 0.0168 e. The molecule has 0 aromatic carbocycles. The molecule has 1 aliphatic heterocycles. The Morgan fingerprint density at radius 3 is 2.69 bits per heavy atom. The summed E-state index contributed by atoms with van der Waals surface area (Å²) in [6.45, 7) is 11.5. The molecule has 0 amide bonds. The predicted molar refractivity (Wildman–Crippen MR) is 58.9 cm³/mol. The van der Waals surface area contributed by atoms with Gasteiger partial charge in [0.15, 0.2) is 0 Å². The summed E-state index contributed by atoms with van der Waals surface area (Å²) in [5.41, 5.74) is 1.44. The minimum atomic E-state index is 0.829. The van der Waals surface area contributed by atoms with Crippen LogP contribution in [0, 0.1) is 5.92 Å². The topological polar surface area (TPSA) is 3.24 Å². The van der Waals surface area contributed by atoms with Crippen LogP contribution in [0.5, 0.6) is 0 Å². The van der Waals surface area contributed by atoms with Crippen LogP contribution in [0.25, 0.3) is 0 Å².